The van der Waals surface area contributed by atoms with Gasteiger partial charge in [-0.05, 0) is 50.0 Å². The molecule has 0 bridgehead atoms. The van der Waals surface area contributed by atoms with E-state index in [1.165, 1.54) is 32.2 Å². The Balaban J connectivity index is 1.38. The fourth-order valence-corrected chi connectivity index (χ4v) is 3.03. The molecule has 92 valence electrons. The predicted octanol–water partition coefficient (Wildman–Crippen LogP) is 0.986. The largest absolute Gasteiger partial charge is 0.379 e. The van der Waals surface area contributed by atoms with E-state index < -0.39 is 0 Å². The number of hydrogen-bond acceptors (Lipinski definition) is 3. The second-order valence-electron chi connectivity index (χ2n) is 5.96. The molecule has 1 heterocycles. The lowest BCUT2D eigenvalue weighted by molar-refractivity contribution is 0.183. The Hall–Kier alpha value is -0.120. The smallest absolute Gasteiger partial charge is 0.0621 e. The highest BCUT2D eigenvalue weighted by Crippen LogP contribution is 2.48. The molecule has 0 spiro atoms. The Kier molecular flexibility index (Phi) is 3.18. The molecule has 3 heteroatoms. The highest BCUT2D eigenvalue weighted by molar-refractivity contribution is 4.92. The van der Waals surface area contributed by atoms with Gasteiger partial charge in [0.2, 0.25) is 0 Å². The van der Waals surface area contributed by atoms with Crippen LogP contribution in [0.3, 0.4) is 0 Å². The minimum atomic E-state index is 0.257. The van der Waals surface area contributed by atoms with Crippen LogP contribution in [-0.4, -0.2) is 32.3 Å². The molecule has 2 saturated carbocycles. The van der Waals surface area contributed by atoms with Gasteiger partial charge in [0.1, 0.15) is 0 Å². The zero-order valence-electron chi connectivity index (χ0n) is 10.0. The van der Waals surface area contributed by atoms with Crippen LogP contribution >= 0.6 is 0 Å². The van der Waals surface area contributed by atoms with Crippen molar-refractivity contribution >= 4 is 0 Å². The van der Waals surface area contributed by atoms with Crippen molar-refractivity contribution in [3.8, 4) is 0 Å². The van der Waals surface area contributed by atoms with Crippen LogP contribution in [0.25, 0.3) is 0 Å². The molecule has 3 aliphatic rings. The van der Waals surface area contributed by atoms with Crippen molar-refractivity contribution in [2.75, 3.05) is 26.3 Å². The van der Waals surface area contributed by atoms with Crippen LogP contribution in [0.1, 0.15) is 25.7 Å². The third-order valence-electron chi connectivity index (χ3n) is 4.49. The Morgan fingerprint density at radius 2 is 1.81 bits per heavy atom. The first-order valence-electron chi connectivity index (χ1n) is 6.88. The van der Waals surface area contributed by atoms with Gasteiger partial charge in [-0.15, -0.1) is 0 Å². The zero-order chi connectivity index (χ0) is 11.0. The van der Waals surface area contributed by atoms with Crippen molar-refractivity contribution in [3.05, 3.63) is 0 Å². The van der Waals surface area contributed by atoms with Crippen LogP contribution in [0, 0.1) is 23.7 Å². The Labute approximate surface area is 98.1 Å². The summed E-state index contributed by atoms with van der Waals surface area (Å²) in [5, 5.41) is 3.64. The average molecular weight is 224 g/mol. The van der Waals surface area contributed by atoms with E-state index in [9.17, 15) is 0 Å². The van der Waals surface area contributed by atoms with Gasteiger partial charge in [-0.2, -0.15) is 0 Å². The monoisotopic (exact) mass is 224 g/mol. The molecule has 3 nitrogen and oxygen atoms in total. The van der Waals surface area contributed by atoms with Gasteiger partial charge >= 0.3 is 0 Å². The highest BCUT2D eigenvalue weighted by atomic mass is 16.5. The minimum Gasteiger partial charge on any atom is -0.379 e. The molecule has 2 atom stereocenters. The summed E-state index contributed by atoms with van der Waals surface area (Å²) in [4.78, 5) is 0. The van der Waals surface area contributed by atoms with Gasteiger partial charge in [0, 0.05) is 18.5 Å². The summed E-state index contributed by atoms with van der Waals surface area (Å²) >= 11 is 0. The minimum absolute atomic E-state index is 0.257. The van der Waals surface area contributed by atoms with Crippen LogP contribution in [0.15, 0.2) is 0 Å². The molecule has 2 aliphatic carbocycles. The van der Waals surface area contributed by atoms with Gasteiger partial charge in [-0.25, -0.2) is 0 Å². The van der Waals surface area contributed by atoms with Gasteiger partial charge < -0.3 is 15.8 Å². The number of nitrogens with two attached hydrogens (primary N) is 1. The topological polar surface area (TPSA) is 47.3 Å². The fraction of sp³-hybridized carbons (Fsp3) is 1.00. The summed E-state index contributed by atoms with van der Waals surface area (Å²) in [6.07, 6.45) is 5.92. The molecule has 0 aromatic heterocycles. The van der Waals surface area contributed by atoms with E-state index in [1.54, 1.807) is 0 Å². The van der Waals surface area contributed by atoms with Crippen molar-refractivity contribution < 1.29 is 4.74 Å². The highest BCUT2D eigenvalue weighted by Gasteiger charge is 2.41. The van der Waals surface area contributed by atoms with E-state index in [0.29, 0.717) is 5.92 Å². The summed E-state index contributed by atoms with van der Waals surface area (Å²) in [7, 11) is 0. The molecule has 1 saturated heterocycles. The molecular formula is C13H24N2O. The van der Waals surface area contributed by atoms with Crippen LogP contribution in [0.2, 0.25) is 0 Å². The molecule has 0 aromatic rings. The van der Waals surface area contributed by atoms with Crippen molar-refractivity contribution in [1.82, 2.24) is 5.32 Å². The molecule has 3 rings (SSSR count). The summed E-state index contributed by atoms with van der Waals surface area (Å²) in [6.45, 7) is 3.88. The lowest BCUT2D eigenvalue weighted by atomic mass is 9.97. The second kappa shape index (κ2) is 4.63. The fourth-order valence-electron chi connectivity index (χ4n) is 3.03. The van der Waals surface area contributed by atoms with E-state index in [1.807, 2.05) is 0 Å². The standard InChI is InChI=1S/C13H24N2O/c14-13-8-16-7-11(13)5-15-6-12(9-1-2-9)10-3-4-10/h9-13,15H,1-8,14H2. The third kappa shape index (κ3) is 2.58. The Morgan fingerprint density at radius 1 is 1.12 bits per heavy atom. The number of nitrogens with one attached hydrogen (secondary N) is 1. The van der Waals surface area contributed by atoms with Crippen molar-refractivity contribution in [2.45, 2.75) is 31.7 Å². The van der Waals surface area contributed by atoms with E-state index >= 15 is 0 Å². The molecule has 3 N–H and O–H groups in total. The van der Waals surface area contributed by atoms with E-state index in [0.717, 1.165) is 37.5 Å². The first kappa shape index (κ1) is 11.0. The van der Waals surface area contributed by atoms with Gasteiger partial charge in [0.15, 0.2) is 0 Å². The second-order valence-corrected chi connectivity index (χ2v) is 5.96. The quantitative estimate of drug-likeness (QED) is 0.707. The molecule has 0 amide bonds. The molecular weight excluding hydrogens is 200 g/mol. The van der Waals surface area contributed by atoms with Crippen molar-refractivity contribution in [3.63, 3.8) is 0 Å². The number of rotatable bonds is 6. The first-order chi connectivity index (χ1) is 7.84. The lowest BCUT2D eigenvalue weighted by Gasteiger charge is -2.19. The maximum atomic E-state index is 5.98. The molecule has 16 heavy (non-hydrogen) atoms. The third-order valence-corrected chi connectivity index (χ3v) is 4.49. The van der Waals surface area contributed by atoms with Gasteiger partial charge in [-0.3, -0.25) is 0 Å². The lowest BCUT2D eigenvalue weighted by Crippen LogP contribution is -2.38. The molecule has 3 fully saturated rings. The Bertz CT molecular complexity index is 226. The summed E-state index contributed by atoms with van der Waals surface area (Å²) < 4.78 is 5.38. The summed E-state index contributed by atoms with van der Waals surface area (Å²) in [6, 6.07) is 0.257. The van der Waals surface area contributed by atoms with Gasteiger partial charge in [-0.1, -0.05) is 0 Å². The van der Waals surface area contributed by atoms with Crippen LogP contribution in [0.5, 0.6) is 0 Å². The molecule has 0 radical (unpaired) electrons. The molecule has 1 aliphatic heterocycles. The Morgan fingerprint density at radius 3 is 2.31 bits per heavy atom. The summed E-state index contributed by atoms with van der Waals surface area (Å²) in [5.74, 6) is 3.61. The predicted molar refractivity (Wildman–Crippen MR) is 64.1 cm³/mol. The normalized spacial score (nSPS) is 34.9. The van der Waals surface area contributed by atoms with Crippen molar-refractivity contribution in [2.24, 2.45) is 29.4 Å². The molecule has 2 unspecified atom stereocenters. The SMILES string of the molecule is NC1COCC1CNCC(C1CC1)C1CC1. The number of hydrogen-bond donors (Lipinski definition) is 2. The number of ether oxygens (including phenoxy) is 1. The van der Waals surface area contributed by atoms with Gasteiger partial charge in [0.05, 0.1) is 13.2 Å². The van der Waals surface area contributed by atoms with Crippen LogP contribution in [0.4, 0.5) is 0 Å². The average Bonchev–Trinajstić information content (AvgIpc) is 3.15. The van der Waals surface area contributed by atoms with E-state index in [2.05, 4.69) is 5.32 Å². The van der Waals surface area contributed by atoms with Crippen LogP contribution < -0.4 is 11.1 Å². The van der Waals surface area contributed by atoms with Crippen LogP contribution in [-0.2, 0) is 4.74 Å². The maximum absolute atomic E-state index is 5.98. The first-order valence-corrected chi connectivity index (χ1v) is 6.88. The summed E-state index contributed by atoms with van der Waals surface area (Å²) in [5.41, 5.74) is 5.98. The van der Waals surface area contributed by atoms with Gasteiger partial charge in [0.25, 0.3) is 0 Å². The molecule has 0 aromatic carbocycles. The van der Waals surface area contributed by atoms with E-state index in [4.69, 9.17) is 10.5 Å². The van der Waals surface area contributed by atoms with E-state index in [-0.39, 0.29) is 6.04 Å². The zero-order valence-corrected chi connectivity index (χ0v) is 10.0. The maximum Gasteiger partial charge on any atom is 0.0621 e. The van der Waals surface area contributed by atoms with Crippen molar-refractivity contribution in [1.29, 1.82) is 0 Å².